The van der Waals surface area contributed by atoms with Crippen LogP contribution in [0.4, 0.5) is 17.4 Å². The minimum atomic E-state index is -0.237. The Kier molecular flexibility index (Phi) is 5.27. The molecular formula is C22H17ClN4O2. The monoisotopic (exact) mass is 404 g/mol. The van der Waals surface area contributed by atoms with E-state index in [-0.39, 0.29) is 5.91 Å². The van der Waals surface area contributed by atoms with Gasteiger partial charge in [-0.05, 0) is 55.0 Å². The molecule has 0 saturated carbocycles. The Morgan fingerprint density at radius 3 is 2.76 bits per heavy atom. The summed E-state index contributed by atoms with van der Waals surface area (Å²) in [7, 11) is 0. The maximum Gasteiger partial charge on any atom is 0.299 e. The van der Waals surface area contributed by atoms with Crippen molar-refractivity contribution in [2.45, 2.75) is 6.92 Å². The van der Waals surface area contributed by atoms with Crippen molar-refractivity contribution < 1.29 is 9.21 Å². The number of benzene rings is 2. The van der Waals surface area contributed by atoms with Gasteiger partial charge in [-0.1, -0.05) is 23.7 Å². The third-order valence-corrected chi connectivity index (χ3v) is 4.51. The normalized spacial score (nSPS) is 10.6. The van der Waals surface area contributed by atoms with Crippen LogP contribution in [0.3, 0.4) is 0 Å². The van der Waals surface area contributed by atoms with E-state index in [9.17, 15) is 4.79 Å². The standard InChI is InChI=1S/C22H17ClN4O2/c1-14-7-8-15(21(28)26-18-6-2-5-17(23)11-18)10-19(14)27-22-25-13-20(29-22)16-4-3-9-24-12-16/h2-13H,1H3,(H,25,27)(H,26,28). The highest BCUT2D eigenvalue weighted by molar-refractivity contribution is 6.31. The Morgan fingerprint density at radius 2 is 1.97 bits per heavy atom. The highest BCUT2D eigenvalue weighted by Crippen LogP contribution is 2.26. The van der Waals surface area contributed by atoms with Crippen LogP contribution >= 0.6 is 11.6 Å². The van der Waals surface area contributed by atoms with Gasteiger partial charge in [0.1, 0.15) is 0 Å². The van der Waals surface area contributed by atoms with Gasteiger partial charge < -0.3 is 15.1 Å². The lowest BCUT2D eigenvalue weighted by Gasteiger charge is -2.10. The minimum absolute atomic E-state index is 0.237. The number of anilines is 3. The Labute approximate surface area is 172 Å². The highest BCUT2D eigenvalue weighted by atomic mass is 35.5. The largest absolute Gasteiger partial charge is 0.423 e. The van der Waals surface area contributed by atoms with Crippen LogP contribution in [0.25, 0.3) is 11.3 Å². The third-order valence-electron chi connectivity index (χ3n) is 4.28. The molecular weight excluding hydrogens is 388 g/mol. The average Bonchev–Trinajstić information content (AvgIpc) is 3.19. The van der Waals surface area contributed by atoms with Gasteiger partial charge in [0, 0.05) is 39.9 Å². The van der Waals surface area contributed by atoms with Crippen molar-refractivity contribution >= 4 is 34.9 Å². The summed E-state index contributed by atoms with van der Waals surface area (Å²) >= 11 is 5.97. The van der Waals surface area contributed by atoms with E-state index in [0.29, 0.717) is 28.0 Å². The number of carbonyl (C=O) groups excluding carboxylic acids is 1. The molecule has 0 spiro atoms. The van der Waals surface area contributed by atoms with Crippen LogP contribution in [0.15, 0.2) is 77.6 Å². The number of rotatable bonds is 5. The van der Waals surface area contributed by atoms with E-state index in [1.54, 1.807) is 55.0 Å². The van der Waals surface area contributed by atoms with Gasteiger partial charge in [0.25, 0.3) is 11.9 Å². The average molecular weight is 405 g/mol. The smallest absolute Gasteiger partial charge is 0.299 e. The second-order valence-corrected chi connectivity index (χ2v) is 6.83. The highest BCUT2D eigenvalue weighted by Gasteiger charge is 2.12. The summed E-state index contributed by atoms with van der Waals surface area (Å²) in [6.45, 7) is 1.94. The van der Waals surface area contributed by atoms with Crippen LogP contribution < -0.4 is 10.6 Å². The fourth-order valence-corrected chi connectivity index (χ4v) is 2.95. The van der Waals surface area contributed by atoms with E-state index in [1.165, 1.54) is 0 Å². The lowest BCUT2D eigenvalue weighted by Crippen LogP contribution is -2.12. The molecule has 0 fully saturated rings. The molecule has 144 valence electrons. The molecule has 0 radical (unpaired) electrons. The van der Waals surface area contributed by atoms with Gasteiger partial charge in [0.2, 0.25) is 0 Å². The van der Waals surface area contributed by atoms with Crippen LogP contribution in [0.2, 0.25) is 5.02 Å². The SMILES string of the molecule is Cc1ccc(C(=O)Nc2cccc(Cl)c2)cc1Nc1ncc(-c2cccnc2)o1. The number of halogens is 1. The van der Waals surface area contributed by atoms with E-state index in [4.69, 9.17) is 16.0 Å². The molecule has 29 heavy (non-hydrogen) atoms. The van der Waals surface area contributed by atoms with Crippen LogP contribution in [0.5, 0.6) is 0 Å². The number of hydrogen-bond acceptors (Lipinski definition) is 5. The number of nitrogens with zero attached hydrogens (tertiary/aromatic N) is 2. The molecule has 0 atom stereocenters. The van der Waals surface area contributed by atoms with Crippen molar-refractivity contribution in [3.05, 3.63) is 89.3 Å². The van der Waals surface area contributed by atoms with Gasteiger partial charge >= 0.3 is 0 Å². The zero-order valence-corrected chi connectivity index (χ0v) is 16.3. The van der Waals surface area contributed by atoms with E-state index < -0.39 is 0 Å². The number of hydrogen-bond donors (Lipinski definition) is 2. The molecule has 2 aromatic heterocycles. The van der Waals surface area contributed by atoms with Crippen molar-refractivity contribution in [3.8, 4) is 11.3 Å². The van der Waals surface area contributed by atoms with E-state index >= 15 is 0 Å². The number of aryl methyl sites for hydroxylation is 1. The lowest BCUT2D eigenvalue weighted by molar-refractivity contribution is 0.102. The molecule has 0 bridgehead atoms. The van der Waals surface area contributed by atoms with Gasteiger partial charge in [-0.3, -0.25) is 9.78 Å². The zero-order valence-electron chi connectivity index (χ0n) is 15.5. The summed E-state index contributed by atoms with van der Waals surface area (Å²) in [6, 6.07) is 16.4. The second-order valence-electron chi connectivity index (χ2n) is 6.39. The first-order chi connectivity index (χ1) is 14.1. The van der Waals surface area contributed by atoms with Gasteiger partial charge in [0.15, 0.2) is 5.76 Å². The number of amides is 1. The summed E-state index contributed by atoms with van der Waals surface area (Å²) in [4.78, 5) is 20.9. The first kappa shape index (κ1) is 18.7. The van der Waals surface area contributed by atoms with Crippen LogP contribution in [-0.2, 0) is 0 Å². The Balaban J connectivity index is 1.53. The molecule has 2 aromatic carbocycles. The Bertz CT molecular complexity index is 1160. The fraction of sp³-hybridized carbons (Fsp3) is 0.0455. The number of aromatic nitrogens is 2. The second kappa shape index (κ2) is 8.16. The summed E-state index contributed by atoms with van der Waals surface area (Å²) in [5.41, 5.74) is 3.64. The molecule has 6 nitrogen and oxygen atoms in total. The van der Waals surface area contributed by atoms with E-state index in [0.717, 1.165) is 16.8 Å². The molecule has 0 unspecified atom stereocenters. The molecule has 0 aliphatic carbocycles. The van der Waals surface area contributed by atoms with Gasteiger partial charge in [-0.25, -0.2) is 4.98 Å². The molecule has 2 N–H and O–H groups in total. The molecule has 7 heteroatoms. The molecule has 4 rings (SSSR count). The van der Waals surface area contributed by atoms with Gasteiger partial charge in [-0.15, -0.1) is 0 Å². The summed E-state index contributed by atoms with van der Waals surface area (Å²) in [5.74, 6) is 0.367. The number of carbonyl (C=O) groups is 1. The first-order valence-corrected chi connectivity index (χ1v) is 9.27. The summed E-state index contributed by atoms with van der Waals surface area (Å²) in [6.07, 6.45) is 5.03. The third kappa shape index (κ3) is 4.44. The number of oxazole rings is 1. The first-order valence-electron chi connectivity index (χ1n) is 8.89. The van der Waals surface area contributed by atoms with Crippen LogP contribution in [-0.4, -0.2) is 15.9 Å². The fourth-order valence-electron chi connectivity index (χ4n) is 2.76. The molecule has 0 aliphatic rings. The lowest BCUT2D eigenvalue weighted by atomic mass is 10.1. The minimum Gasteiger partial charge on any atom is -0.423 e. The number of pyridine rings is 1. The van der Waals surface area contributed by atoms with E-state index in [1.807, 2.05) is 25.1 Å². The quantitative estimate of drug-likeness (QED) is 0.446. The molecule has 2 heterocycles. The van der Waals surface area contributed by atoms with E-state index in [2.05, 4.69) is 20.6 Å². The van der Waals surface area contributed by atoms with Gasteiger partial charge in [0.05, 0.1) is 6.20 Å². The molecule has 1 amide bonds. The van der Waals surface area contributed by atoms with Crippen molar-refractivity contribution in [2.24, 2.45) is 0 Å². The van der Waals surface area contributed by atoms with Crippen LogP contribution in [0, 0.1) is 6.92 Å². The molecule has 4 aromatic rings. The number of nitrogens with one attached hydrogen (secondary N) is 2. The predicted octanol–water partition coefficient (Wildman–Crippen LogP) is 5.69. The molecule has 0 aliphatic heterocycles. The maximum atomic E-state index is 12.6. The Hall–Kier alpha value is -3.64. The zero-order chi connectivity index (χ0) is 20.2. The maximum absolute atomic E-state index is 12.6. The summed E-state index contributed by atoms with van der Waals surface area (Å²) < 4.78 is 5.76. The van der Waals surface area contributed by atoms with Gasteiger partial charge in [-0.2, -0.15) is 0 Å². The topological polar surface area (TPSA) is 80.0 Å². The molecule has 0 saturated heterocycles. The van der Waals surface area contributed by atoms with Crippen molar-refractivity contribution in [3.63, 3.8) is 0 Å². The predicted molar refractivity (Wildman–Crippen MR) is 114 cm³/mol. The van der Waals surface area contributed by atoms with Crippen molar-refractivity contribution in [1.29, 1.82) is 0 Å². The van der Waals surface area contributed by atoms with Crippen molar-refractivity contribution in [2.75, 3.05) is 10.6 Å². The van der Waals surface area contributed by atoms with Crippen LogP contribution in [0.1, 0.15) is 15.9 Å². The van der Waals surface area contributed by atoms with Crippen molar-refractivity contribution in [1.82, 2.24) is 9.97 Å². The Morgan fingerprint density at radius 1 is 1.07 bits per heavy atom. The summed E-state index contributed by atoms with van der Waals surface area (Å²) in [5, 5.41) is 6.53.